The Hall–Kier alpha value is -1.56. The summed E-state index contributed by atoms with van der Waals surface area (Å²) in [5.74, 6) is 1.26. The molecule has 0 spiro atoms. The maximum Gasteiger partial charge on any atom is -0.000707 e. The van der Waals surface area contributed by atoms with Gasteiger partial charge in [-0.1, -0.05) is 58.0 Å². The van der Waals surface area contributed by atoms with Crippen molar-refractivity contribution in [3.05, 3.63) is 58.7 Å². The fraction of sp³-hybridized carbons (Fsp3) is 0.429. The van der Waals surface area contributed by atoms with Gasteiger partial charge in [-0.25, -0.2) is 0 Å². The van der Waals surface area contributed by atoms with Gasteiger partial charge in [0.05, 0.1) is 0 Å². The first-order chi connectivity index (χ1) is 10.1. The van der Waals surface area contributed by atoms with Crippen molar-refractivity contribution in [3.8, 4) is 11.1 Å². The number of hydrogen-bond donors (Lipinski definition) is 0. The molecule has 1 aliphatic rings. The lowest BCUT2D eigenvalue weighted by Crippen LogP contribution is -1.93. The Morgan fingerprint density at radius 1 is 0.952 bits per heavy atom. The van der Waals surface area contributed by atoms with Crippen molar-refractivity contribution in [2.75, 3.05) is 0 Å². The van der Waals surface area contributed by atoms with E-state index in [2.05, 4.69) is 64.1 Å². The van der Waals surface area contributed by atoms with Crippen molar-refractivity contribution in [2.45, 2.75) is 58.8 Å². The van der Waals surface area contributed by atoms with E-state index in [1.807, 2.05) is 0 Å². The number of rotatable bonds is 4. The summed E-state index contributed by atoms with van der Waals surface area (Å²) in [6.45, 7) is 9.12. The van der Waals surface area contributed by atoms with Crippen molar-refractivity contribution in [2.24, 2.45) is 0 Å². The van der Waals surface area contributed by atoms with Gasteiger partial charge in [0.1, 0.15) is 0 Å². The third-order valence-corrected chi connectivity index (χ3v) is 5.16. The minimum atomic E-state index is 0.606. The third-order valence-electron chi connectivity index (χ3n) is 5.16. The predicted octanol–water partition coefficient (Wildman–Crippen LogP) is 6.08. The van der Waals surface area contributed by atoms with Gasteiger partial charge in [0.25, 0.3) is 0 Å². The highest BCUT2D eigenvalue weighted by atomic mass is 14.2. The number of hydrogen-bond acceptors (Lipinski definition) is 0. The molecule has 2 aromatic carbocycles. The Labute approximate surface area is 129 Å². The molecule has 0 bridgehead atoms. The van der Waals surface area contributed by atoms with E-state index in [1.165, 1.54) is 46.2 Å². The molecule has 0 fully saturated rings. The van der Waals surface area contributed by atoms with Gasteiger partial charge < -0.3 is 0 Å². The maximum absolute atomic E-state index is 3.69. The normalized spacial score (nSPS) is 15.4. The summed E-state index contributed by atoms with van der Waals surface area (Å²) >= 11 is 0. The fourth-order valence-corrected chi connectivity index (χ4v) is 3.21. The number of benzene rings is 2. The van der Waals surface area contributed by atoms with Crippen LogP contribution in [0.3, 0.4) is 0 Å². The predicted molar refractivity (Wildman–Crippen MR) is 90.9 cm³/mol. The highest BCUT2D eigenvalue weighted by Crippen LogP contribution is 2.39. The van der Waals surface area contributed by atoms with Crippen LogP contribution in [-0.2, 0) is 6.42 Å². The molecule has 0 saturated carbocycles. The van der Waals surface area contributed by atoms with Gasteiger partial charge in [-0.3, -0.25) is 0 Å². The van der Waals surface area contributed by atoms with Crippen LogP contribution in [0.2, 0.25) is 0 Å². The fourth-order valence-electron chi connectivity index (χ4n) is 3.21. The molecule has 0 N–H and O–H groups in total. The van der Waals surface area contributed by atoms with Gasteiger partial charge in [-0.15, -0.1) is 0 Å². The molecule has 109 valence electrons. The van der Waals surface area contributed by atoms with Gasteiger partial charge in [-0.2, -0.15) is 0 Å². The maximum atomic E-state index is 3.69. The molecule has 3 rings (SSSR count). The van der Waals surface area contributed by atoms with E-state index in [-0.39, 0.29) is 0 Å². The van der Waals surface area contributed by atoms with Gasteiger partial charge in [0.2, 0.25) is 0 Å². The molecular formula is C21H25. The van der Waals surface area contributed by atoms with Crippen molar-refractivity contribution in [1.29, 1.82) is 0 Å². The lowest BCUT2D eigenvalue weighted by Gasteiger charge is -2.11. The van der Waals surface area contributed by atoms with Gasteiger partial charge in [0.15, 0.2) is 0 Å². The minimum absolute atomic E-state index is 0.606. The first-order valence-electron chi connectivity index (χ1n) is 8.32. The van der Waals surface area contributed by atoms with Crippen LogP contribution in [0.15, 0.2) is 30.3 Å². The number of fused-ring (bicyclic) bond motifs is 3. The molecule has 0 amide bonds. The van der Waals surface area contributed by atoms with Crippen LogP contribution in [-0.4, -0.2) is 0 Å². The molecule has 2 aromatic rings. The standard InChI is InChI=1S/C21H25/c1-5-14(3)16-7-9-20-18(11-16)13-19-12-17(15(4)6-2)8-10-21(19)20/h7-11,14-15H,5-6,13H2,1-4H3. The van der Waals surface area contributed by atoms with E-state index >= 15 is 0 Å². The largest absolute Gasteiger partial charge is 0.0648 e. The summed E-state index contributed by atoms with van der Waals surface area (Å²) < 4.78 is 0. The summed E-state index contributed by atoms with van der Waals surface area (Å²) in [5, 5.41) is 0. The summed E-state index contributed by atoms with van der Waals surface area (Å²) in [6, 6.07) is 15.3. The Bertz CT molecular complexity index is 594. The summed E-state index contributed by atoms with van der Waals surface area (Å²) in [4.78, 5) is 0. The second kappa shape index (κ2) is 5.67. The first kappa shape index (κ1) is 14.4. The Balaban J connectivity index is 1.97. The summed E-state index contributed by atoms with van der Waals surface area (Å²) in [5.41, 5.74) is 8.54. The van der Waals surface area contributed by atoms with Crippen LogP contribution in [0.1, 0.15) is 74.6 Å². The van der Waals surface area contributed by atoms with Crippen molar-refractivity contribution in [3.63, 3.8) is 0 Å². The SMILES string of the molecule is CCC(C)c1[c]c2c(cc1)-c1ccc(C(C)CC)cc1C2. The molecule has 0 nitrogen and oxygen atoms in total. The van der Waals surface area contributed by atoms with Crippen molar-refractivity contribution >= 4 is 0 Å². The summed E-state index contributed by atoms with van der Waals surface area (Å²) in [7, 11) is 0. The van der Waals surface area contributed by atoms with Crippen molar-refractivity contribution < 1.29 is 0 Å². The second-order valence-corrected chi connectivity index (χ2v) is 6.52. The smallest absolute Gasteiger partial charge is 0.000707 e. The van der Waals surface area contributed by atoms with Crippen LogP contribution >= 0.6 is 0 Å². The molecule has 2 unspecified atom stereocenters. The van der Waals surface area contributed by atoms with E-state index < -0.39 is 0 Å². The Kier molecular flexibility index (Phi) is 3.89. The van der Waals surface area contributed by atoms with E-state index in [0.717, 1.165) is 6.42 Å². The highest BCUT2D eigenvalue weighted by molar-refractivity contribution is 5.77. The van der Waals surface area contributed by atoms with Crippen LogP contribution in [0, 0.1) is 6.07 Å². The van der Waals surface area contributed by atoms with Crippen LogP contribution in [0.25, 0.3) is 11.1 Å². The Morgan fingerprint density at radius 3 is 2.38 bits per heavy atom. The van der Waals surface area contributed by atoms with E-state index in [9.17, 15) is 0 Å². The monoisotopic (exact) mass is 277 g/mol. The van der Waals surface area contributed by atoms with Gasteiger partial charge >= 0.3 is 0 Å². The average Bonchev–Trinajstić information content (AvgIpc) is 2.89. The highest BCUT2D eigenvalue weighted by Gasteiger charge is 2.20. The lowest BCUT2D eigenvalue weighted by molar-refractivity contribution is 0.731. The second-order valence-electron chi connectivity index (χ2n) is 6.52. The molecule has 21 heavy (non-hydrogen) atoms. The van der Waals surface area contributed by atoms with E-state index in [0.29, 0.717) is 11.8 Å². The molecule has 1 radical (unpaired) electrons. The summed E-state index contributed by atoms with van der Waals surface area (Å²) in [6.07, 6.45) is 3.44. The van der Waals surface area contributed by atoms with Crippen LogP contribution < -0.4 is 0 Å². The van der Waals surface area contributed by atoms with Gasteiger partial charge in [-0.05, 0) is 70.5 Å². The van der Waals surface area contributed by atoms with Crippen LogP contribution in [0.5, 0.6) is 0 Å². The zero-order valence-electron chi connectivity index (χ0n) is 13.7. The zero-order chi connectivity index (χ0) is 15.0. The first-order valence-corrected chi connectivity index (χ1v) is 8.32. The van der Waals surface area contributed by atoms with E-state index in [4.69, 9.17) is 0 Å². The molecule has 0 aliphatic heterocycles. The average molecular weight is 277 g/mol. The minimum Gasteiger partial charge on any atom is -0.0648 e. The quantitative estimate of drug-likeness (QED) is 0.541. The molecule has 1 aliphatic carbocycles. The Morgan fingerprint density at radius 2 is 1.67 bits per heavy atom. The molecule has 2 atom stereocenters. The van der Waals surface area contributed by atoms with Crippen molar-refractivity contribution in [1.82, 2.24) is 0 Å². The molecule has 0 saturated heterocycles. The molecule has 0 heterocycles. The molecule has 0 heteroatoms. The molecule has 0 aromatic heterocycles. The van der Waals surface area contributed by atoms with Gasteiger partial charge in [0, 0.05) is 0 Å². The zero-order valence-corrected chi connectivity index (χ0v) is 13.7. The topological polar surface area (TPSA) is 0 Å². The lowest BCUT2D eigenvalue weighted by atomic mass is 9.94. The van der Waals surface area contributed by atoms with Crippen LogP contribution in [0.4, 0.5) is 0 Å². The third kappa shape index (κ3) is 2.52. The van der Waals surface area contributed by atoms with E-state index in [1.54, 1.807) is 0 Å². The molecular weight excluding hydrogens is 252 g/mol.